The van der Waals surface area contributed by atoms with Gasteiger partial charge in [-0.15, -0.1) is 0 Å². The van der Waals surface area contributed by atoms with Crippen LogP contribution in [0.2, 0.25) is 10.0 Å². The van der Waals surface area contributed by atoms with Gasteiger partial charge in [0, 0.05) is 15.1 Å². The fourth-order valence-corrected chi connectivity index (χ4v) is 3.90. The molecule has 11 heteroatoms. The highest BCUT2D eigenvalue weighted by Gasteiger charge is 2.25. The summed E-state index contributed by atoms with van der Waals surface area (Å²) in [6, 6.07) is 7.34. The molecule has 8 nitrogen and oxygen atoms in total. The minimum atomic E-state index is -0.901. The van der Waals surface area contributed by atoms with Gasteiger partial charge in [0.1, 0.15) is 11.8 Å². The molecule has 0 aliphatic carbocycles. The van der Waals surface area contributed by atoms with Gasteiger partial charge in [0.15, 0.2) is 17.6 Å². The Morgan fingerprint density at radius 3 is 2.29 bits per heavy atom. The minimum Gasteiger partial charge on any atom is -0.493 e. The van der Waals surface area contributed by atoms with Gasteiger partial charge < -0.3 is 19.5 Å². The van der Waals surface area contributed by atoms with E-state index in [9.17, 15) is 9.59 Å². The molecule has 0 radical (unpaired) electrons. The lowest BCUT2D eigenvalue weighted by atomic mass is 10.0. The van der Waals surface area contributed by atoms with Crippen molar-refractivity contribution < 1.29 is 23.8 Å². The predicted molar refractivity (Wildman–Crippen MR) is 141 cm³/mol. The maximum absolute atomic E-state index is 12.8. The molecule has 2 aromatic rings. The van der Waals surface area contributed by atoms with Gasteiger partial charge in [0.25, 0.3) is 11.8 Å². The summed E-state index contributed by atoms with van der Waals surface area (Å²) in [4.78, 5) is 25.6. The van der Waals surface area contributed by atoms with Gasteiger partial charge in [-0.3, -0.25) is 9.59 Å². The van der Waals surface area contributed by atoms with Crippen LogP contribution in [0.25, 0.3) is 0 Å². The summed E-state index contributed by atoms with van der Waals surface area (Å²) in [5.74, 6) is 0.588. The number of rotatable bonds is 11. The Hall–Kier alpha value is -2.49. The van der Waals surface area contributed by atoms with Crippen molar-refractivity contribution in [3.63, 3.8) is 0 Å². The Labute approximate surface area is 223 Å². The first-order valence-electron chi connectivity index (χ1n) is 10.7. The van der Waals surface area contributed by atoms with Crippen molar-refractivity contribution in [1.29, 1.82) is 0 Å². The Bertz CT molecular complexity index is 1080. The van der Waals surface area contributed by atoms with E-state index in [0.29, 0.717) is 38.7 Å². The maximum Gasteiger partial charge on any atom is 0.262 e. The highest BCUT2D eigenvalue weighted by molar-refractivity contribution is 9.10. The SMILES string of the molecule is COc1cc(Br)c(/C=N\NC(=O)[C@@H](CC(C)C)NC(=O)[C@H](C)Oc2ccc(Cl)cc2Cl)cc1OC. The van der Waals surface area contributed by atoms with E-state index in [1.54, 1.807) is 31.2 Å². The average molecular weight is 589 g/mol. The van der Waals surface area contributed by atoms with E-state index in [1.807, 2.05) is 13.8 Å². The van der Waals surface area contributed by atoms with Crippen LogP contribution in [0.4, 0.5) is 0 Å². The smallest absolute Gasteiger partial charge is 0.262 e. The Kier molecular flexibility index (Phi) is 11.1. The van der Waals surface area contributed by atoms with Crippen LogP contribution in [0.3, 0.4) is 0 Å². The molecule has 2 N–H and O–H groups in total. The van der Waals surface area contributed by atoms with E-state index in [2.05, 4.69) is 31.8 Å². The third-order valence-corrected chi connectivity index (χ3v) is 6.01. The second-order valence-corrected chi connectivity index (χ2v) is 9.69. The quantitative estimate of drug-likeness (QED) is 0.277. The largest absolute Gasteiger partial charge is 0.493 e. The molecule has 0 unspecified atom stereocenters. The fraction of sp³-hybridized carbons (Fsp3) is 0.375. The molecule has 0 spiro atoms. The zero-order chi connectivity index (χ0) is 26.1. The summed E-state index contributed by atoms with van der Waals surface area (Å²) in [6.45, 7) is 5.46. The number of hydrogen-bond donors (Lipinski definition) is 2. The zero-order valence-electron chi connectivity index (χ0n) is 20.0. The molecule has 190 valence electrons. The molecular weight excluding hydrogens is 561 g/mol. The summed E-state index contributed by atoms with van der Waals surface area (Å²) in [6.07, 6.45) is 0.968. The summed E-state index contributed by atoms with van der Waals surface area (Å²) >= 11 is 15.5. The lowest BCUT2D eigenvalue weighted by Crippen LogP contribution is -2.49. The fourth-order valence-electron chi connectivity index (χ4n) is 3.02. The van der Waals surface area contributed by atoms with Gasteiger partial charge in [-0.25, -0.2) is 5.43 Å². The molecule has 2 amide bonds. The minimum absolute atomic E-state index is 0.136. The van der Waals surface area contributed by atoms with Crippen LogP contribution in [0.5, 0.6) is 17.2 Å². The number of halogens is 3. The van der Waals surface area contributed by atoms with Crippen LogP contribution in [-0.4, -0.2) is 44.4 Å². The predicted octanol–water partition coefficient (Wildman–Crippen LogP) is 5.22. The summed E-state index contributed by atoms with van der Waals surface area (Å²) in [5, 5.41) is 7.50. The first-order chi connectivity index (χ1) is 16.5. The van der Waals surface area contributed by atoms with Crippen molar-refractivity contribution in [2.24, 2.45) is 11.0 Å². The number of methoxy groups -OCH3 is 2. The van der Waals surface area contributed by atoms with Gasteiger partial charge >= 0.3 is 0 Å². The summed E-state index contributed by atoms with van der Waals surface area (Å²) in [5.41, 5.74) is 3.15. The van der Waals surface area contributed by atoms with Crippen LogP contribution < -0.4 is 25.0 Å². The first kappa shape index (κ1) is 28.7. The number of nitrogens with one attached hydrogen (secondary N) is 2. The molecule has 2 atom stereocenters. The molecule has 0 bridgehead atoms. The number of nitrogens with zero attached hydrogens (tertiary/aromatic N) is 1. The van der Waals surface area contributed by atoms with Gasteiger partial charge in [-0.1, -0.05) is 37.0 Å². The molecule has 0 fully saturated rings. The van der Waals surface area contributed by atoms with Crippen LogP contribution in [0.15, 0.2) is 39.9 Å². The monoisotopic (exact) mass is 587 g/mol. The summed E-state index contributed by atoms with van der Waals surface area (Å²) < 4.78 is 16.9. The second kappa shape index (κ2) is 13.6. The number of amides is 2. The average Bonchev–Trinajstić information content (AvgIpc) is 2.80. The molecule has 2 rings (SSSR count). The lowest BCUT2D eigenvalue weighted by Gasteiger charge is -2.22. The van der Waals surface area contributed by atoms with Crippen molar-refractivity contribution in [1.82, 2.24) is 10.7 Å². The maximum atomic E-state index is 12.8. The topological polar surface area (TPSA) is 98.2 Å². The summed E-state index contributed by atoms with van der Waals surface area (Å²) in [7, 11) is 3.07. The molecule has 0 saturated heterocycles. The van der Waals surface area contributed by atoms with Crippen LogP contribution in [0.1, 0.15) is 32.8 Å². The Morgan fingerprint density at radius 1 is 1.03 bits per heavy atom. The van der Waals surface area contributed by atoms with Crippen molar-refractivity contribution in [2.75, 3.05) is 14.2 Å². The molecule has 0 saturated carbocycles. The molecule has 0 heterocycles. The Morgan fingerprint density at radius 2 is 1.69 bits per heavy atom. The van der Waals surface area contributed by atoms with Gasteiger partial charge in [0.2, 0.25) is 0 Å². The molecule has 2 aromatic carbocycles. The van der Waals surface area contributed by atoms with Crippen molar-refractivity contribution in [3.8, 4) is 17.2 Å². The van der Waals surface area contributed by atoms with Gasteiger partial charge in [0.05, 0.1) is 25.5 Å². The Balaban J connectivity index is 2.07. The van der Waals surface area contributed by atoms with Crippen molar-refractivity contribution in [3.05, 3.63) is 50.4 Å². The highest BCUT2D eigenvalue weighted by atomic mass is 79.9. The lowest BCUT2D eigenvalue weighted by molar-refractivity contribution is -0.132. The van der Waals surface area contributed by atoms with Crippen molar-refractivity contribution in [2.45, 2.75) is 39.3 Å². The standard InChI is InChI=1S/C24H28BrCl2N3O5/c1-13(2)8-19(29-23(31)14(3)35-20-7-6-16(26)10-18(20)27)24(32)30-28-12-15-9-21(33-4)22(34-5)11-17(15)25/h6-7,9-14,19H,8H2,1-5H3,(H,29,31)(H,30,32)/b28-12-/t14-,19+/m0/s1. The highest BCUT2D eigenvalue weighted by Crippen LogP contribution is 2.32. The first-order valence-corrected chi connectivity index (χ1v) is 12.3. The van der Waals surface area contributed by atoms with E-state index < -0.39 is 24.0 Å². The third-order valence-electron chi connectivity index (χ3n) is 4.79. The van der Waals surface area contributed by atoms with Crippen LogP contribution in [-0.2, 0) is 9.59 Å². The molecule has 0 aromatic heterocycles. The zero-order valence-corrected chi connectivity index (χ0v) is 23.1. The number of benzene rings is 2. The van der Waals surface area contributed by atoms with E-state index in [0.717, 1.165) is 0 Å². The van der Waals surface area contributed by atoms with E-state index in [4.69, 9.17) is 37.4 Å². The molecule has 35 heavy (non-hydrogen) atoms. The molecular formula is C24H28BrCl2N3O5. The number of ether oxygens (including phenoxy) is 3. The number of carbonyl (C=O) groups excluding carboxylic acids is 2. The normalized spacial score (nSPS) is 12.8. The molecule has 0 aliphatic rings. The second-order valence-electron chi connectivity index (χ2n) is 7.99. The van der Waals surface area contributed by atoms with E-state index >= 15 is 0 Å². The van der Waals surface area contributed by atoms with E-state index in [1.165, 1.54) is 26.5 Å². The number of hydrogen-bond acceptors (Lipinski definition) is 6. The van der Waals surface area contributed by atoms with Gasteiger partial charge in [-0.2, -0.15) is 5.10 Å². The molecule has 0 aliphatic heterocycles. The van der Waals surface area contributed by atoms with Crippen LogP contribution in [0, 0.1) is 5.92 Å². The van der Waals surface area contributed by atoms with Gasteiger partial charge in [-0.05, 0) is 65.5 Å². The van der Waals surface area contributed by atoms with Crippen molar-refractivity contribution >= 4 is 57.2 Å². The third kappa shape index (κ3) is 8.59. The van der Waals surface area contributed by atoms with E-state index in [-0.39, 0.29) is 10.9 Å². The number of carbonyl (C=O) groups is 2. The number of hydrazone groups is 1. The van der Waals surface area contributed by atoms with Crippen LogP contribution >= 0.6 is 39.1 Å².